The molecular weight excluding hydrogens is 256 g/mol. The van der Waals surface area contributed by atoms with E-state index in [0.29, 0.717) is 5.92 Å². The standard InChI is InChI=1S/C12H15BrO2/c13-12-3-1-2-10(5-12)11(6-14)4-9-7-15-8-9/h1-3,5,9,11,14H,4,6-8H2. The predicted molar refractivity (Wildman–Crippen MR) is 62.9 cm³/mol. The van der Waals surface area contributed by atoms with Gasteiger partial charge in [-0.1, -0.05) is 28.1 Å². The Kier molecular flexibility index (Phi) is 3.78. The van der Waals surface area contributed by atoms with Crippen molar-refractivity contribution in [2.75, 3.05) is 19.8 Å². The second-order valence-corrected chi connectivity index (χ2v) is 4.99. The lowest BCUT2D eigenvalue weighted by Gasteiger charge is -2.29. The smallest absolute Gasteiger partial charge is 0.0516 e. The topological polar surface area (TPSA) is 29.5 Å². The Bertz CT molecular complexity index is 323. The highest BCUT2D eigenvalue weighted by atomic mass is 79.9. The Hall–Kier alpha value is -0.380. The minimum atomic E-state index is 0.215. The van der Waals surface area contributed by atoms with Crippen LogP contribution in [-0.4, -0.2) is 24.9 Å². The summed E-state index contributed by atoms with van der Waals surface area (Å²) in [6, 6.07) is 8.18. The van der Waals surface area contributed by atoms with Gasteiger partial charge in [0.1, 0.15) is 0 Å². The van der Waals surface area contributed by atoms with Gasteiger partial charge >= 0.3 is 0 Å². The quantitative estimate of drug-likeness (QED) is 0.912. The number of aliphatic hydroxyl groups excluding tert-OH is 1. The number of rotatable bonds is 4. The summed E-state index contributed by atoms with van der Waals surface area (Å²) in [6.07, 6.45) is 1.02. The third-order valence-electron chi connectivity index (χ3n) is 2.87. The lowest BCUT2D eigenvalue weighted by molar-refractivity contribution is -0.0405. The van der Waals surface area contributed by atoms with Crippen molar-refractivity contribution < 1.29 is 9.84 Å². The molecule has 82 valence electrons. The fourth-order valence-electron chi connectivity index (χ4n) is 1.90. The molecule has 1 aromatic rings. The summed E-state index contributed by atoms with van der Waals surface area (Å²) in [6.45, 7) is 1.92. The van der Waals surface area contributed by atoms with Crippen LogP contribution in [-0.2, 0) is 4.74 Å². The molecule has 2 nitrogen and oxygen atoms in total. The Labute approximate surface area is 98.4 Å². The molecule has 1 heterocycles. The summed E-state index contributed by atoms with van der Waals surface area (Å²) in [5.74, 6) is 0.873. The number of ether oxygens (including phenoxy) is 1. The zero-order valence-electron chi connectivity index (χ0n) is 8.53. The first-order valence-electron chi connectivity index (χ1n) is 5.23. The van der Waals surface area contributed by atoms with Gasteiger partial charge in [0.25, 0.3) is 0 Å². The molecule has 1 atom stereocenters. The van der Waals surface area contributed by atoms with Crippen molar-refractivity contribution >= 4 is 15.9 Å². The molecule has 1 N–H and O–H groups in total. The van der Waals surface area contributed by atoms with E-state index in [0.717, 1.165) is 24.1 Å². The molecule has 1 aliphatic heterocycles. The van der Waals surface area contributed by atoms with Crippen LogP contribution in [0.15, 0.2) is 28.7 Å². The third kappa shape index (κ3) is 2.80. The molecule has 1 fully saturated rings. The fraction of sp³-hybridized carbons (Fsp3) is 0.500. The van der Waals surface area contributed by atoms with Crippen LogP contribution in [0, 0.1) is 5.92 Å². The van der Waals surface area contributed by atoms with Crippen LogP contribution in [0.1, 0.15) is 17.9 Å². The van der Waals surface area contributed by atoms with Gasteiger partial charge in [0.15, 0.2) is 0 Å². The van der Waals surface area contributed by atoms with Crippen LogP contribution in [0.3, 0.4) is 0 Å². The van der Waals surface area contributed by atoms with Gasteiger partial charge in [-0.15, -0.1) is 0 Å². The second kappa shape index (κ2) is 5.10. The zero-order valence-corrected chi connectivity index (χ0v) is 10.1. The summed E-state index contributed by atoms with van der Waals surface area (Å²) >= 11 is 3.45. The molecule has 0 saturated carbocycles. The molecule has 1 unspecified atom stereocenters. The molecule has 1 aromatic carbocycles. The van der Waals surface area contributed by atoms with Crippen molar-refractivity contribution in [1.29, 1.82) is 0 Å². The van der Waals surface area contributed by atoms with E-state index < -0.39 is 0 Å². The lowest BCUT2D eigenvalue weighted by atomic mass is 9.88. The molecule has 0 amide bonds. The number of hydrogen-bond acceptors (Lipinski definition) is 2. The number of aliphatic hydroxyl groups is 1. The van der Waals surface area contributed by atoms with Crippen LogP contribution in [0.25, 0.3) is 0 Å². The first-order chi connectivity index (χ1) is 7.29. The molecule has 15 heavy (non-hydrogen) atoms. The molecule has 0 bridgehead atoms. The van der Waals surface area contributed by atoms with Crippen LogP contribution in [0.4, 0.5) is 0 Å². The van der Waals surface area contributed by atoms with Gasteiger partial charge in [-0.05, 0) is 24.1 Å². The van der Waals surface area contributed by atoms with Gasteiger partial charge in [0.2, 0.25) is 0 Å². The Morgan fingerprint density at radius 2 is 2.27 bits per heavy atom. The Balaban J connectivity index is 2.04. The molecule has 1 saturated heterocycles. The molecule has 0 aliphatic carbocycles. The number of hydrogen-bond donors (Lipinski definition) is 1. The van der Waals surface area contributed by atoms with E-state index in [1.54, 1.807) is 0 Å². The summed E-state index contributed by atoms with van der Waals surface area (Å²) in [5, 5.41) is 9.38. The molecule has 0 aromatic heterocycles. The van der Waals surface area contributed by atoms with Gasteiger partial charge in [0, 0.05) is 22.9 Å². The normalized spacial score (nSPS) is 18.5. The molecular formula is C12H15BrO2. The number of benzene rings is 1. The van der Waals surface area contributed by atoms with E-state index in [1.807, 2.05) is 12.1 Å². The van der Waals surface area contributed by atoms with E-state index in [9.17, 15) is 5.11 Å². The first kappa shape index (κ1) is 11.1. The summed E-state index contributed by atoms with van der Waals surface area (Å²) in [4.78, 5) is 0. The largest absolute Gasteiger partial charge is 0.396 e. The second-order valence-electron chi connectivity index (χ2n) is 4.07. The number of halogens is 1. The van der Waals surface area contributed by atoms with Crippen molar-refractivity contribution in [3.05, 3.63) is 34.3 Å². The van der Waals surface area contributed by atoms with Crippen LogP contribution >= 0.6 is 15.9 Å². The van der Waals surface area contributed by atoms with Crippen molar-refractivity contribution in [1.82, 2.24) is 0 Å². The van der Waals surface area contributed by atoms with Gasteiger partial charge in [-0.25, -0.2) is 0 Å². The van der Waals surface area contributed by atoms with E-state index in [4.69, 9.17) is 4.74 Å². The zero-order chi connectivity index (χ0) is 10.7. The Morgan fingerprint density at radius 3 is 2.80 bits per heavy atom. The fourth-order valence-corrected chi connectivity index (χ4v) is 2.32. The highest BCUT2D eigenvalue weighted by Gasteiger charge is 2.23. The average molecular weight is 271 g/mol. The monoisotopic (exact) mass is 270 g/mol. The van der Waals surface area contributed by atoms with E-state index in [-0.39, 0.29) is 12.5 Å². The highest BCUT2D eigenvalue weighted by Crippen LogP contribution is 2.28. The Morgan fingerprint density at radius 1 is 1.47 bits per heavy atom. The van der Waals surface area contributed by atoms with Gasteiger partial charge in [0.05, 0.1) is 13.2 Å². The van der Waals surface area contributed by atoms with Crippen LogP contribution < -0.4 is 0 Å². The maximum atomic E-state index is 9.38. The maximum Gasteiger partial charge on any atom is 0.0516 e. The lowest BCUT2D eigenvalue weighted by Crippen LogP contribution is -2.29. The predicted octanol–water partition coefficient (Wildman–Crippen LogP) is 2.56. The summed E-state index contributed by atoms with van der Waals surface area (Å²) in [5.41, 5.74) is 1.21. The van der Waals surface area contributed by atoms with Crippen LogP contribution in [0.5, 0.6) is 0 Å². The average Bonchev–Trinajstić information content (AvgIpc) is 2.16. The van der Waals surface area contributed by atoms with Crippen molar-refractivity contribution in [2.24, 2.45) is 5.92 Å². The van der Waals surface area contributed by atoms with E-state index in [2.05, 4.69) is 28.1 Å². The molecule has 2 rings (SSSR count). The molecule has 0 spiro atoms. The van der Waals surface area contributed by atoms with Gasteiger partial charge in [-0.2, -0.15) is 0 Å². The van der Waals surface area contributed by atoms with Crippen LogP contribution in [0.2, 0.25) is 0 Å². The molecule has 1 aliphatic rings. The SMILES string of the molecule is OCC(CC1COC1)c1cccc(Br)c1. The van der Waals surface area contributed by atoms with Crippen molar-refractivity contribution in [3.8, 4) is 0 Å². The summed E-state index contributed by atoms with van der Waals surface area (Å²) in [7, 11) is 0. The van der Waals surface area contributed by atoms with Gasteiger partial charge in [-0.3, -0.25) is 0 Å². The molecule has 3 heteroatoms. The minimum Gasteiger partial charge on any atom is -0.396 e. The van der Waals surface area contributed by atoms with Gasteiger partial charge < -0.3 is 9.84 Å². The van der Waals surface area contributed by atoms with Crippen molar-refractivity contribution in [3.63, 3.8) is 0 Å². The van der Waals surface area contributed by atoms with Crippen molar-refractivity contribution in [2.45, 2.75) is 12.3 Å². The third-order valence-corrected chi connectivity index (χ3v) is 3.36. The van der Waals surface area contributed by atoms with E-state index >= 15 is 0 Å². The first-order valence-corrected chi connectivity index (χ1v) is 6.03. The maximum absolute atomic E-state index is 9.38. The van der Waals surface area contributed by atoms with E-state index in [1.165, 1.54) is 5.56 Å². The summed E-state index contributed by atoms with van der Waals surface area (Å²) < 4.78 is 6.22. The minimum absolute atomic E-state index is 0.215. The molecule has 0 radical (unpaired) electrons. The highest BCUT2D eigenvalue weighted by molar-refractivity contribution is 9.10.